The van der Waals surface area contributed by atoms with Gasteiger partial charge in [-0.05, 0) is 60.9 Å². The van der Waals surface area contributed by atoms with Crippen LogP contribution in [0, 0.1) is 0 Å². The van der Waals surface area contributed by atoms with Crippen LogP contribution in [0.25, 0.3) is 11.3 Å². The smallest absolute Gasteiger partial charge is 0.507 e. The number of rotatable bonds is 7. The van der Waals surface area contributed by atoms with E-state index in [0.29, 0.717) is 17.8 Å². The number of hydrogen-bond donors (Lipinski definition) is 3. The third-order valence-corrected chi connectivity index (χ3v) is 6.62. The monoisotopic (exact) mass is 550 g/mol. The quantitative estimate of drug-likeness (QED) is 0.246. The van der Waals surface area contributed by atoms with Gasteiger partial charge in [-0.1, -0.05) is 36.8 Å². The van der Waals surface area contributed by atoms with Crippen LogP contribution in [0.5, 0.6) is 11.5 Å². The van der Waals surface area contributed by atoms with Gasteiger partial charge in [0.1, 0.15) is 11.5 Å². The van der Waals surface area contributed by atoms with E-state index in [4.69, 9.17) is 0 Å². The molecule has 40 heavy (non-hydrogen) atoms. The molecule has 8 nitrogen and oxygen atoms in total. The molecule has 2 amide bonds. The summed E-state index contributed by atoms with van der Waals surface area (Å²) in [6, 6.07) is 19.9. The summed E-state index contributed by atoms with van der Waals surface area (Å²) in [6.07, 6.45) is -1.88. The zero-order valence-electron chi connectivity index (χ0n) is 21.1. The average Bonchev–Trinajstić information content (AvgIpc) is 3.30. The van der Waals surface area contributed by atoms with E-state index in [1.807, 2.05) is 30.3 Å². The number of phenols is 1. The molecule has 0 spiro atoms. The molecule has 1 saturated carbocycles. The van der Waals surface area contributed by atoms with Gasteiger partial charge in [0, 0.05) is 35.3 Å². The molecule has 1 fully saturated rings. The van der Waals surface area contributed by atoms with Crippen molar-refractivity contribution < 1.29 is 32.6 Å². The highest BCUT2D eigenvalue weighted by molar-refractivity contribution is 6.04. The van der Waals surface area contributed by atoms with Crippen LogP contribution in [0.15, 0.2) is 78.9 Å². The van der Waals surface area contributed by atoms with Gasteiger partial charge in [0.15, 0.2) is 0 Å². The summed E-state index contributed by atoms with van der Waals surface area (Å²) in [5.41, 5.74) is 2.87. The van der Waals surface area contributed by atoms with Gasteiger partial charge in [0.25, 0.3) is 5.91 Å². The van der Waals surface area contributed by atoms with Crippen molar-refractivity contribution in [2.45, 2.75) is 38.1 Å². The summed E-state index contributed by atoms with van der Waals surface area (Å²) in [7, 11) is 0. The minimum Gasteiger partial charge on any atom is -0.507 e. The lowest BCUT2D eigenvalue weighted by Gasteiger charge is -2.25. The maximum Gasteiger partial charge on any atom is 0.573 e. The second-order valence-electron chi connectivity index (χ2n) is 9.40. The van der Waals surface area contributed by atoms with E-state index in [1.54, 1.807) is 18.2 Å². The molecule has 4 aromatic rings. The first-order chi connectivity index (χ1) is 19.2. The number of ether oxygens (including phenoxy) is 1. The van der Waals surface area contributed by atoms with Crippen molar-refractivity contribution in [2.24, 2.45) is 0 Å². The lowest BCUT2D eigenvalue weighted by atomic mass is 9.82. The van der Waals surface area contributed by atoms with Crippen LogP contribution in [0.2, 0.25) is 0 Å². The Morgan fingerprint density at radius 1 is 1.00 bits per heavy atom. The van der Waals surface area contributed by atoms with E-state index >= 15 is 0 Å². The van der Waals surface area contributed by atoms with Gasteiger partial charge in [0.2, 0.25) is 0 Å². The number of nitrogens with one attached hydrogen (secondary N) is 2. The SMILES string of the molecule is O=C(Nc1ccc(-c2cc(C3CCC3)n(C(=O)NCc3ccccc3)n2)c(O)c1)c1ccc(OC(F)(F)F)cc1. The van der Waals surface area contributed by atoms with Gasteiger partial charge in [-0.3, -0.25) is 4.79 Å². The first kappa shape index (κ1) is 26.8. The molecule has 1 aliphatic carbocycles. The number of carbonyl (C=O) groups is 2. The second-order valence-corrected chi connectivity index (χ2v) is 9.40. The Balaban J connectivity index is 1.31. The summed E-state index contributed by atoms with van der Waals surface area (Å²) in [6.45, 7) is 0.344. The Bertz CT molecular complexity index is 1510. The predicted octanol–water partition coefficient (Wildman–Crippen LogP) is 6.43. The number of hydrogen-bond acceptors (Lipinski definition) is 5. The molecular formula is C29H25F3N4O4. The minimum atomic E-state index is -4.83. The molecule has 0 aliphatic heterocycles. The number of aromatic hydroxyl groups is 1. The Labute approximate surface area is 227 Å². The van der Waals surface area contributed by atoms with Crippen molar-refractivity contribution >= 4 is 17.6 Å². The second kappa shape index (κ2) is 11.1. The highest BCUT2D eigenvalue weighted by Crippen LogP contribution is 2.39. The molecule has 1 aliphatic rings. The fourth-order valence-electron chi connectivity index (χ4n) is 4.37. The number of amides is 2. The number of phenolic OH excluding ortho intramolecular Hbond substituents is 1. The van der Waals surface area contributed by atoms with Crippen molar-refractivity contribution in [1.29, 1.82) is 0 Å². The lowest BCUT2D eigenvalue weighted by molar-refractivity contribution is -0.274. The van der Waals surface area contributed by atoms with Crippen LogP contribution in [0.4, 0.5) is 23.7 Å². The highest BCUT2D eigenvalue weighted by Gasteiger charge is 2.31. The number of benzene rings is 3. The predicted molar refractivity (Wildman–Crippen MR) is 141 cm³/mol. The Morgan fingerprint density at radius 2 is 1.73 bits per heavy atom. The first-order valence-electron chi connectivity index (χ1n) is 12.6. The van der Waals surface area contributed by atoms with Crippen LogP contribution in [0.3, 0.4) is 0 Å². The zero-order chi connectivity index (χ0) is 28.3. The van der Waals surface area contributed by atoms with E-state index in [9.17, 15) is 27.9 Å². The Kier molecular flexibility index (Phi) is 7.45. The van der Waals surface area contributed by atoms with Crippen molar-refractivity contribution in [1.82, 2.24) is 15.1 Å². The van der Waals surface area contributed by atoms with E-state index in [0.717, 1.165) is 42.7 Å². The summed E-state index contributed by atoms with van der Waals surface area (Å²) in [5, 5.41) is 20.7. The van der Waals surface area contributed by atoms with Crippen LogP contribution in [0.1, 0.15) is 46.8 Å². The third kappa shape index (κ3) is 6.25. The fraction of sp³-hybridized carbons (Fsp3) is 0.207. The standard InChI is InChI=1S/C29H25F3N4O4/c30-29(31,32)40-22-12-9-20(10-13-22)27(38)34-21-11-14-23(26(37)15-21)24-16-25(19-7-4-8-19)36(35-24)28(39)33-17-18-5-2-1-3-6-18/h1-3,5-6,9-16,19,37H,4,7-8,17H2,(H,33,39)(H,34,38). The molecule has 0 atom stereocenters. The molecule has 0 unspecified atom stereocenters. The number of halogens is 3. The lowest BCUT2D eigenvalue weighted by Crippen LogP contribution is -2.31. The maximum atomic E-state index is 13.0. The summed E-state index contributed by atoms with van der Waals surface area (Å²) >= 11 is 0. The Hall–Kier alpha value is -4.80. The van der Waals surface area contributed by atoms with Gasteiger partial charge in [-0.15, -0.1) is 13.2 Å². The van der Waals surface area contributed by atoms with Gasteiger partial charge >= 0.3 is 12.4 Å². The molecular weight excluding hydrogens is 525 g/mol. The van der Waals surface area contributed by atoms with Crippen LogP contribution < -0.4 is 15.4 Å². The molecule has 0 radical (unpaired) electrons. The van der Waals surface area contributed by atoms with Crippen molar-refractivity contribution in [3.63, 3.8) is 0 Å². The number of carbonyl (C=O) groups excluding carboxylic acids is 2. The molecule has 1 heterocycles. The Morgan fingerprint density at radius 3 is 2.35 bits per heavy atom. The van der Waals surface area contributed by atoms with Crippen LogP contribution in [-0.2, 0) is 6.54 Å². The van der Waals surface area contributed by atoms with Crippen molar-refractivity contribution in [3.8, 4) is 22.8 Å². The van der Waals surface area contributed by atoms with Crippen molar-refractivity contribution in [3.05, 3.63) is 95.7 Å². The molecule has 1 aromatic heterocycles. The molecule has 0 saturated heterocycles. The molecule has 206 valence electrons. The average molecular weight is 551 g/mol. The summed E-state index contributed by atoms with van der Waals surface area (Å²) < 4.78 is 42.2. The number of alkyl halides is 3. The topological polar surface area (TPSA) is 105 Å². The first-order valence-corrected chi connectivity index (χ1v) is 12.6. The van der Waals surface area contributed by atoms with Crippen LogP contribution in [-0.4, -0.2) is 33.2 Å². The normalized spacial score (nSPS) is 13.4. The maximum absolute atomic E-state index is 13.0. The van der Waals surface area contributed by atoms with E-state index in [2.05, 4.69) is 20.5 Å². The zero-order valence-corrected chi connectivity index (χ0v) is 21.1. The van der Waals surface area contributed by atoms with Crippen molar-refractivity contribution in [2.75, 3.05) is 5.32 Å². The molecule has 11 heteroatoms. The number of anilines is 1. The van der Waals surface area contributed by atoms with Gasteiger partial charge in [0.05, 0.1) is 11.4 Å². The van der Waals surface area contributed by atoms with E-state index in [-0.39, 0.29) is 28.9 Å². The fourth-order valence-corrected chi connectivity index (χ4v) is 4.37. The number of nitrogens with zero attached hydrogens (tertiary/aromatic N) is 2. The molecule has 3 aromatic carbocycles. The van der Waals surface area contributed by atoms with Crippen LogP contribution >= 0.6 is 0 Å². The molecule has 3 N–H and O–H groups in total. The van der Waals surface area contributed by atoms with E-state index < -0.39 is 18.0 Å². The molecule has 0 bridgehead atoms. The number of aromatic nitrogens is 2. The highest BCUT2D eigenvalue weighted by atomic mass is 19.4. The minimum absolute atomic E-state index is 0.100. The summed E-state index contributed by atoms with van der Waals surface area (Å²) in [5.74, 6) is -1.00. The van der Waals surface area contributed by atoms with E-state index in [1.165, 1.54) is 22.9 Å². The largest absolute Gasteiger partial charge is 0.573 e. The van der Waals surface area contributed by atoms with Gasteiger partial charge in [-0.2, -0.15) is 9.78 Å². The van der Waals surface area contributed by atoms with Gasteiger partial charge in [-0.25, -0.2) is 4.79 Å². The van der Waals surface area contributed by atoms with Gasteiger partial charge < -0.3 is 20.5 Å². The summed E-state index contributed by atoms with van der Waals surface area (Å²) in [4.78, 5) is 25.6. The molecule has 5 rings (SSSR count). The third-order valence-electron chi connectivity index (χ3n) is 6.62.